The molecule has 8 heteroatoms. The van der Waals surface area contributed by atoms with Gasteiger partial charge in [-0.2, -0.15) is 0 Å². The molecular formula is C19H19BrN2O4S. The van der Waals surface area contributed by atoms with Crippen LogP contribution in [0.3, 0.4) is 0 Å². The van der Waals surface area contributed by atoms with Crippen LogP contribution in [0.4, 0.5) is 5.00 Å². The quantitative estimate of drug-likeness (QED) is 0.683. The number of anilines is 1. The molecule has 2 aromatic rings. The van der Waals surface area contributed by atoms with E-state index in [4.69, 9.17) is 9.57 Å². The van der Waals surface area contributed by atoms with Gasteiger partial charge in [0.2, 0.25) is 6.10 Å². The van der Waals surface area contributed by atoms with Crippen molar-refractivity contribution in [3.05, 3.63) is 50.3 Å². The van der Waals surface area contributed by atoms with E-state index in [0.29, 0.717) is 22.7 Å². The van der Waals surface area contributed by atoms with E-state index in [-0.39, 0.29) is 12.5 Å². The van der Waals surface area contributed by atoms with Crippen molar-refractivity contribution in [2.24, 2.45) is 5.16 Å². The number of ether oxygens (including phenoxy) is 1. The standard InChI is InChI=1S/C19H19BrN2O4S/c1-4-25-19(24)16-10(2)11(3)27-18(16)21-17(23)15-9-14(22-26-15)12-6-5-7-13(20)8-12/h5-8,15H,4,9H2,1-3H3,(H,21,23)/t15-/m0/s1. The summed E-state index contributed by atoms with van der Waals surface area (Å²) in [6, 6.07) is 7.66. The lowest BCUT2D eigenvalue weighted by Crippen LogP contribution is -2.28. The molecule has 1 aliphatic heterocycles. The third-order valence-electron chi connectivity index (χ3n) is 4.22. The lowest BCUT2D eigenvalue weighted by Gasteiger charge is -2.10. The summed E-state index contributed by atoms with van der Waals surface area (Å²) in [4.78, 5) is 31.2. The number of carbonyl (C=O) groups is 2. The van der Waals surface area contributed by atoms with Gasteiger partial charge in [-0.15, -0.1) is 11.3 Å². The van der Waals surface area contributed by atoms with Crippen molar-refractivity contribution >= 4 is 49.9 Å². The monoisotopic (exact) mass is 450 g/mol. The second-order valence-corrected chi connectivity index (χ2v) is 8.18. The zero-order chi connectivity index (χ0) is 19.6. The van der Waals surface area contributed by atoms with Gasteiger partial charge in [-0.05, 0) is 38.5 Å². The fraction of sp³-hybridized carbons (Fsp3) is 0.316. The van der Waals surface area contributed by atoms with Crippen molar-refractivity contribution < 1.29 is 19.2 Å². The number of oxime groups is 1. The first kappa shape index (κ1) is 19.6. The van der Waals surface area contributed by atoms with Crippen LogP contribution >= 0.6 is 27.3 Å². The SMILES string of the molecule is CCOC(=O)c1c(NC(=O)[C@@H]2CC(c3cccc(Br)c3)=NO2)sc(C)c1C. The minimum absolute atomic E-state index is 0.274. The molecule has 2 heterocycles. The summed E-state index contributed by atoms with van der Waals surface area (Å²) in [7, 11) is 0. The molecule has 1 amide bonds. The predicted octanol–water partition coefficient (Wildman–Crippen LogP) is 4.44. The number of amides is 1. The van der Waals surface area contributed by atoms with Gasteiger partial charge in [-0.25, -0.2) is 4.79 Å². The molecule has 1 N–H and O–H groups in total. The Morgan fingerprint density at radius 1 is 1.41 bits per heavy atom. The molecule has 0 saturated carbocycles. The number of rotatable bonds is 5. The Morgan fingerprint density at radius 3 is 2.89 bits per heavy atom. The maximum absolute atomic E-state index is 12.6. The van der Waals surface area contributed by atoms with Crippen LogP contribution < -0.4 is 5.32 Å². The zero-order valence-electron chi connectivity index (χ0n) is 15.2. The van der Waals surface area contributed by atoms with Gasteiger partial charge in [0.1, 0.15) is 5.00 Å². The molecule has 1 aliphatic rings. The fourth-order valence-corrected chi connectivity index (χ4v) is 4.16. The molecule has 27 heavy (non-hydrogen) atoms. The van der Waals surface area contributed by atoms with Crippen molar-refractivity contribution in [1.82, 2.24) is 0 Å². The first-order chi connectivity index (χ1) is 12.9. The largest absolute Gasteiger partial charge is 0.462 e. The Labute approximate surface area is 169 Å². The maximum Gasteiger partial charge on any atom is 0.341 e. The number of halogens is 1. The van der Waals surface area contributed by atoms with Gasteiger partial charge in [0.25, 0.3) is 5.91 Å². The van der Waals surface area contributed by atoms with E-state index in [0.717, 1.165) is 20.5 Å². The molecule has 0 aliphatic carbocycles. The topological polar surface area (TPSA) is 77.0 Å². The summed E-state index contributed by atoms with van der Waals surface area (Å²) in [5, 5.41) is 7.34. The first-order valence-corrected chi connectivity index (χ1v) is 10.1. The number of benzene rings is 1. The minimum Gasteiger partial charge on any atom is -0.462 e. The van der Waals surface area contributed by atoms with E-state index >= 15 is 0 Å². The number of carbonyl (C=O) groups excluding carboxylic acids is 2. The number of nitrogens with one attached hydrogen (secondary N) is 1. The molecule has 6 nitrogen and oxygen atoms in total. The zero-order valence-corrected chi connectivity index (χ0v) is 17.6. The molecular weight excluding hydrogens is 432 g/mol. The van der Waals surface area contributed by atoms with E-state index in [2.05, 4.69) is 26.4 Å². The van der Waals surface area contributed by atoms with E-state index in [9.17, 15) is 9.59 Å². The molecule has 0 radical (unpaired) electrons. The van der Waals surface area contributed by atoms with E-state index < -0.39 is 12.1 Å². The van der Waals surface area contributed by atoms with E-state index in [1.807, 2.05) is 38.1 Å². The highest BCUT2D eigenvalue weighted by atomic mass is 79.9. The number of esters is 1. The Bertz CT molecular complexity index is 922. The predicted molar refractivity (Wildman–Crippen MR) is 109 cm³/mol. The second kappa shape index (κ2) is 8.22. The molecule has 0 unspecified atom stereocenters. The van der Waals surface area contributed by atoms with Gasteiger partial charge in [-0.3, -0.25) is 4.79 Å². The number of nitrogens with zero attached hydrogens (tertiary/aromatic N) is 1. The van der Waals surface area contributed by atoms with Crippen molar-refractivity contribution in [2.75, 3.05) is 11.9 Å². The lowest BCUT2D eigenvalue weighted by molar-refractivity contribution is -0.125. The van der Waals surface area contributed by atoms with Gasteiger partial charge in [-0.1, -0.05) is 33.2 Å². The van der Waals surface area contributed by atoms with Crippen LogP contribution in [-0.2, 0) is 14.4 Å². The lowest BCUT2D eigenvalue weighted by atomic mass is 10.0. The molecule has 0 saturated heterocycles. The number of aryl methyl sites for hydroxylation is 1. The number of hydrogen-bond donors (Lipinski definition) is 1. The third-order valence-corrected chi connectivity index (χ3v) is 5.84. The van der Waals surface area contributed by atoms with Gasteiger partial charge < -0.3 is 14.9 Å². The van der Waals surface area contributed by atoms with Crippen molar-refractivity contribution in [2.45, 2.75) is 33.3 Å². The summed E-state index contributed by atoms with van der Waals surface area (Å²) in [6.45, 7) is 5.77. The van der Waals surface area contributed by atoms with Gasteiger partial charge in [0.15, 0.2) is 0 Å². The molecule has 3 rings (SSSR count). The van der Waals surface area contributed by atoms with Crippen LogP contribution in [0.5, 0.6) is 0 Å². The van der Waals surface area contributed by atoms with Gasteiger partial charge >= 0.3 is 5.97 Å². The van der Waals surface area contributed by atoms with E-state index in [1.54, 1.807) is 6.92 Å². The van der Waals surface area contributed by atoms with Gasteiger partial charge in [0, 0.05) is 21.3 Å². The van der Waals surface area contributed by atoms with Crippen LogP contribution in [-0.4, -0.2) is 30.3 Å². The van der Waals surface area contributed by atoms with Crippen LogP contribution in [0, 0.1) is 13.8 Å². The smallest absolute Gasteiger partial charge is 0.341 e. The third kappa shape index (κ3) is 4.22. The van der Waals surface area contributed by atoms with Crippen molar-refractivity contribution in [3.63, 3.8) is 0 Å². The summed E-state index contributed by atoms with van der Waals surface area (Å²) in [5.41, 5.74) is 2.82. The molecule has 0 fully saturated rings. The van der Waals surface area contributed by atoms with Crippen LogP contribution in [0.2, 0.25) is 0 Å². The van der Waals surface area contributed by atoms with Crippen LogP contribution in [0.15, 0.2) is 33.9 Å². The van der Waals surface area contributed by atoms with Crippen LogP contribution in [0.1, 0.15) is 39.7 Å². The van der Waals surface area contributed by atoms with Crippen LogP contribution in [0.25, 0.3) is 0 Å². The highest BCUT2D eigenvalue weighted by molar-refractivity contribution is 9.10. The second-order valence-electron chi connectivity index (χ2n) is 6.04. The Kier molecular flexibility index (Phi) is 5.96. The first-order valence-electron chi connectivity index (χ1n) is 8.47. The Morgan fingerprint density at radius 2 is 2.19 bits per heavy atom. The summed E-state index contributed by atoms with van der Waals surface area (Å²) in [6.07, 6.45) is -0.378. The summed E-state index contributed by atoms with van der Waals surface area (Å²) >= 11 is 4.77. The van der Waals surface area contributed by atoms with Crippen molar-refractivity contribution in [1.29, 1.82) is 0 Å². The summed E-state index contributed by atoms with van der Waals surface area (Å²) in [5.74, 6) is -0.774. The highest BCUT2D eigenvalue weighted by Crippen LogP contribution is 2.33. The average molecular weight is 451 g/mol. The number of hydrogen-bond acceptors (Lipinski definition) is 6. The Balaban J connectivity index is 1.72. The number of thiophene rings is 1. The normalized spacial score (nSPS) is 15.9. The molecule has 0 bridgehead atoms. The highest BCUT2D eigenvalue weighted by Gasteiger charge is 2.31. The fourth-order valence-electron chi connectivity index (χ4n) is 2.71. The molecule has 142 valence electrons. The molecule has 1 atom stereocenters. The molecule has 0 spiro atoms. The van der Waals surface area contributed by atoms with Crippen molar-refractivity contribution in [3.8, 4) is 0 Å². The van der Waals surface area contributed by atoms with Gasteiger partial charge in [0.05, 0.1) is 17.9 Å². The Hall–Kier alpha value is -2.19. The molecule has 1 aromatic carbocycles. The maximum atomic E-state index is 12.6. The molecule has 1 aromatic heterocycles. The van der Waals surface area contributed by atoms with E-state index in [1.165, 1.54) is 11.3 Å². The minimum atomic E-state index is -0.739. The summed E-state index contributed by atoms with van der Waals surface area (Å²) < 4.78 is 6.04. The average Bonchev–Trinajstić information content (AvgIpc) is 3.21.